The van der Waals surface area contributed by atoms with Crippen LogP contribution >= 0.6 is 11.6 Å². The van der Waals surface area contributed by atoms with E-state index in [9.17, 15) is 4.39 Å². The van der Waals surface area contributed by atoms with E-state index in [4.69, 9.17) is 16.1 Å². The van der Waals surface area contributed by atoms with E-state index in [1.54, 1.807) is 19.1 Å². The predicted octanol–water partition coefficient (Wildman–Crippen LogP) is 4.05. The van der Waals surface area contributed by atoms with Crippen LogP contribution in [0.15, 0.2) is 53.1 Å². The van der Waals surface area contributed by atoms with Crippen LogP contribution in [0.2, 0.25) is 5.02 Å². The highest BCUT2D eigenvalue weighted by atomic mass is 35.5. The average molecular weight is 332 g/mol. The van der Waals surface area contributed by atoms with E-state index < -0.39 is 0 Å². The van der Waals surface area contributed by atoms with E-state index in [2.05, 4.69) is 15.5 Å². The lowest BCUT2D eigenvalue weighted by molar-refractivity contribution is 0.384. The van der Waals surface area contributed by atoms with E-state index in [0.29, 0.717) is 23.3 Å². The molecule has 1 atom stereocenters. The van der Waals surface area contributed by atoms with Gasteiger partial charge < -0.3 is 4.52 Å². The summed E-state index contributed by atoms with van der Waals surface area (Å²) in [6.45, 7) is 2.13. The van der Waals surface area contributed by atoms with Crippen molar-refractivity contribution < 1.29 is 8.91 Å². The van der Waals surface area contributed by atoms with Gasteiger partial charge in [-0.05, 0) is 35.4 Å². The molecule has 1 N–H and O–H groups in total. The second kappa shape index (κ2) is 6.89. The van der Waals surface area contributed by atoms with Crippen LogP contribution in [0.4, 0.5) is 4.39 Å². The summed E-state index contributed by atoms with van der Waals surface area (Å²) in [7, 11) is 0. The van der Waals surface area contributed by atoms with Crippen molar-refractivity contribution in [3.63, 3.8) is 0 Å². The van der Waals surface area contributed by atoms with Crippen LogP contribution in [0.25, 0.3) is 0 Å². The molecule has 0 aliphatic carbocycles. The Labute approximate surface area is 138 Å². The van der Waals surface area contributed by atoms with Gasteiger partial charge >= 0.3 is 0 Å². The largest absolute Gasteiger partial charge is 0.340 e. The van der Waals surface area contributed by atoms with Crippen LogP contribution in [-0.4, -0.2) is 10.1 Å². The van der Waals surface area contributed by atoms with Crippen molar-refractivity contribution in [1.82, 2.24) is 15.5 Å². The molecule has 1 heterocycles. The number of benzene rings is 2. The summed E-state index contributed by atoms with van der Waals surface area (Å²) in [5.74, 6) is 0.768. The fourth-order valence-corrected chi connectivity index (χ4v) is 2.61. The van der Waals surface area contributed by atoms with Crippen LogP contribution < -0.4 is 5.32 Å². The highest BCUT2D eigenvalue weighted by Crippen LogP contribution is 2.25. The highest BCUT2D eigenvalue weighted by molar-refractivity contribution is 6.30. The zero-order valence-corrected chi connectivity index (χ0v) is 13.2. The molecular formula is C17H15ClFN3O. The molecule has 0 radical (unpaired) electrons. The Balaban J connectivity index is 1.89. The minimum absolute atomic E-state index is 0.233. The normalized spacial score (nSPS) is 12.3. The van der Waals surface area contributed by atoms with Gasteiger partial charge in [-0.25, -0.2) is 4.39 Å². The number of halogens is 2. The maximum atomic E-state index is 13.6. The maximum absolute atomic E-state index is 13.6. The van der Waals surface area contributed by atoms with Gasteiger partial charge in [0.05, 0.1) is 12.6 Å². The molecule has 0 saturated carbocycles. The molecule has 0 bridgehead atoms. The second-order valence-corrected chi connectivity index (χ2v) is 5.59. The quantitative estimate of drug-likeness (QED) is 0.766. The van der Waals surface area contributed by atoms with E-state index in [1.807, 2.05) is 24.3 Å². The summed E-state index contributed by atoms with van der Waals surface area (Å²) >= 11 is 6.09. The molecule has 0 fully saturated rings. The molecule has 3 rings (SSSR count). The molecule has 6 heteroatoms. The SMILES string of the molecule is Cc1nc(CN[C@H](c2cccc(F)c2)c2cccc(Cl)c2)no1. The van der Waals surface area contributed by atoms with Gasteiger partial charge in [0.25, 0.3) is 0 Å². The monoisotopic (exact) mass is 331 g/mol. The number of aromatic nitrogens is 2. The first-order valence-electron chi connectivity index (χ1n) is 7.15. The summed E-state index contributed by atoms with van der Waals surface area (Å²) < 4.78 is 18.6. The van der Waals surface area contributed by atoms with Crippen molar-refractivity contribution in [3.8, 4) is 0 Å². The van der Waals surface area contributed by atoms with E-state index >= 15 is 0 Å². The molecule has 3 aromatic rings. The molecule has 1 aromatic heterocycles. The third-order valence-electron chi connectivity index (χ3n) is 3.40. The number of hydrogen-bond donors (Lipinski definition) is 1. The summed E-state index contributed by atoms with van der Waals surface area (Å²) in [5, 5.41) is 7.81. The molecule has 0 aliphatic rings. The molecule has 0 amide bonds. The molecule has 4 nitrogen and oxygen atoms in total. The van der Waals surface area contributed by atoms with Gasteiger partial charge in [-0.3, -0.25) is 5.32 Å². The molecule has 0 saturated heterocycles. The average Bonchev–Trinajstić information content (AvgIpc) is 2.93. The van der Waals surface area contributed by atoms with Gasteiger partial charge in [0.15, 0.2) is 5.82 Å². The lowest BCUT2D eigenvalue weighted by atomic mass is 9.98. The van der Waals surface area contributed by atoms with Crippen LogP contribution in [0, 0.1) is 12.7 Å². The van der Waals surface area contributed by atoms with Crippen LogP contribution in [0.5, 0.6) is 0 Å². The number of aryl methyl sites for hydroxylation is 1. The smallest absolute Gasteiger partial charge is 0.223 e. The van der Waals surface area contributed by atoms with Crippen molar-refractivity contribution in [1.29, 1.82) is 0 Å². The number of nitrogens with zero attached hydrogens (tertiary/aromatic N) is 2. The van der Waals surface area contributed by atoms with Gasteiger partial charge in [0.1, 0.15) is 5.82 Å². The summed E-state index contributed by atoms with van der Waals surface area (Å²) in [6.07, 6.45) is 0. The highest BCUT2D eigenvalue weighted by Gasteiger charge is 2.16. The van der Waals surface area contributed by atoms with Crippen LogP contribution in [0.3, 0.4) is 0 Å². The molecule has 0 aliphatic heterocycles. The molecule has 118 valence electrons. The van der Waals surface area contributed by atoms with Gasteiger partial charge in [-0.2, -0.15) is 4.98 Å². The van der Waals surface area contributed by atoms with Gasteiger partial charge in [-0.1, -0.05) is 41.0 Å². The molecule has 2 aromatic carbocycles. The van der Waals surface area contributed by atoms with Crippen LogP contribution in [0.1, 0.15) is 28.9 Å². The summed E-state index contributed by atoms with van der Waals surface area (Å²) in [6, 6.07) is 13.7. The summed E-state index contributed by atoms with van der Waals surface area (Å²) in [5.41, 5.74) is 1.73. The Bertz CT molecular complexity index is 760. The van der Waals surface area contributed by atoms with Crippen molar-refractivity contribution >= 4 is 11.6 Å². The Morgan fingerprint density at radius 1 is 1.17 bits per heavy atom. The first-order chi connectivity index (χ1) is 11.1. The molecule has 23 heavy (non-hydrogen) atoms. The minimum Gasteiger partial charge on any atom is -0.340 e. The predicted molar refractivity (Wildman–Crippen MR) is 85.6 cm³/mol. The zero-order chi connectivity index (χ0) is 16.2. The first kappa shape index (κ1) is 15.6. The standard InChI is InChI=1S/C17H15ClFN3O/c1-11-21-16(22-23-11)10-20-17(12-4-2-6-14(18)8-12)13-5-3-7-15(19)9-13/h2-9,17,20H,10H2,1H3/t17-/m0/s1. The molecule has 0 spiro atoms. The third-order valence-corrected chi connectivity index (χ3v) is 3.63. The number of nitrogens with one attached hydrogen (secondary N) is 1. The molecular weight excluding hydrogens is 317 g/mol. The second-order valence-electron chi connectivity index (χ2n) is 5.15. The van der Waals surface area contributed by atoms with E-state index in [-0.39, 0.29) is 11.9 Å². The van der Waals surface area contributed by atoms with E-state index in [0.717, 1.165) is 11.1 Å². The fraction of sp³-hybridized carbons (Fsp3) is 0.176. The van der Waals surface area contributed by atoms with Gasteiger partial charge in [0, 0.05) is 11.9 Å². The van der Waals surface area contributed by atoms with Gasteiger partial charge in [0.2, 0.25) is 5.89 Å². The maximum Gasteiger partial charge on any atom is 0.223 e. The number of hydrogen-bond acceptors (Lipinski definition) is 4. The van der Waals surface area contributed by atoms with Crippen molar-refractivity contribution in [2.75, 3.05) is 0 Å². The lowest BCUT2D eigenvalue weighted by Crippen LogP contribution is -2.22. The Hall–Kier alpha value is -2.24. The minimum atomic E-state index is -0.285. The zero-order valence-electron chi connectivity index (χ0n) is 12.5. The molecule has 0 unspecified atom stereocenters. The van der Waals surface area contributed by atoms with Crippen molar-refractivity contribution in [2.24, 2.45) is 0 Å². The Morgan fingerprint density at radius 3 is 2.57 bits per heavy atom. The fourth-order valence-electron chi connectivity index (χ4n) is 2.41. The summed E-state index contributed by atoms with van der Waals surface area (Å²) in [4.78, 5) is 4.16. The first-order valence-corrected chi connectivity index (χ1v) is 7.53. The van der Waals surface area contributed by atoms with E-state index in [1.165, 1.54) is 12.1 Å². The Kier molecular flexibility index (Phi) is 4.69. The van der Waals surface area contributed by atoms with Crippen molar-refractivity contribution in [2.45, 2.75) is 19.5 Å². The topological polar surface area (TPSA) is 51.0 Å². The van der Waals surface area contributed by atoms with Crippen molar-refractivity contribution in [3.05, 3.63) is 82.2 Å². The Morgan fingerprint density at radius 2 is 1.91 bits per heavy atom. The lowest BCUT2D eigenvalue weighted by Gasteiger charge is -2.19. The third kappa shape index (κ3) is 3.94. The number of rotatable bonds is 5. The van der Waals surface area contributed by atoms with Crippen LogP contribution in [-0.2, 0) is 6.54 Å². The van der Waals surface area contributed by atoms with Gasteiger partial charge in [-0.15, -0.1) is 0 Å².